The summed E-state index contributed by atoms with van der Waals surface area (Å²) >= 11 is 0. The van der Waals surface area contributed by atoms with E-state index in [1.807, 2.05) is 6.92 Å². The van der Waals surface area contributed by atoms with E-state index in [0.717, 1.165) is 0 Å². The van der Waals surface area contributed by atoms with Gasteiger partial charge in [0.05, 0.1) is 25.2 Å². The van der Waals surface area contributed by atoms with Crippen molar-refractivity contribution in [2.75, 3.05) is 25.2 Å². The van der Waals surface area contributed by atoms with Gasteiger partial charge in [-0.2, -0.15) is 0 Å². The Morgan fingerprint density at radius 3 is 2.79 bits per heavy atom. The molecule has 24 heavy (non-hydrogen) atoms. The SMILES string of the molecule is CCNC(=NCc1cc(OC)ccc1O)NC1CCS(=O)(=O)C1.I. The lowest BCUT2D eigenvalue weighted by molar-refractivity contribution is 0.411. The standard InChI is InChI=1S/C15H23N3O4S.HI/c1-3-16-15(18-12-6-7-23(20,21)10-12)17-9-11-8-13(22-2)4-5-14(11)19;/h4-5,8,12,19H,3,6-7,9-10H2,1-2H3,(H2,16,17,18);1H. The first-order valence-electron chi connectivity index (χ1n) is 7.54. The molecule has 1 atom stereocenters. The van der Waals surface area contributed by atoms with Crippen LogP contribution in [0.15, 0.2) is 23.2 Å². The molecule has 1 aromatic carbocycles. The molecule has 1 fully saturated rings. The van der Waals surface area contributed by atoms with E-state index < -0.39 is 9.84 Å². The van der Waals surface area contributed by atoms with E-state index in [0.29, 0.717) is 30.2 Å². The monoisotopic (exact) mass is 469 g/mol. The van der Waals surface area contributed by atoms with E-state index in [4.69, 9.17) is 4.74 Å². The van der Waals surface area contributed by atoms with E-state index in [-0.39, 0.29) is 53.8 Å². The second-order valence-electron chi connectivity index (χ2n) is 5.43. The van der Waals surface area contributed by atoms with Crippen molar-refractivity contribution in [3.8, 4) is 11.5 Å². The van der Waals surface area contributed by atoms with E-state index in [9.17, 15) is 13.5 Å². The lowest BCUT2D eigenvalue weighted by Crippen LogP contribution is -2.44. The summed E-state index contributed by atoms with van der Waals surface area (Å²) in [7, 11) is -1.38. The van der Waals surface area contributed by atoms with Crippen LogP contribution in [0, 0.1) is 0 Å². The summed E-state index contributed by atoms with van der Waals surface area (Å²) in [6, 6.07) is 4.84. The predicted octanol–water partition coefficient (Wildman–Crippen LogP) is 1.26. The summed E-state index contributed by atoms with van der Waals surface area (Å²) < 4.78 is 28.2. The highest BCUT2D eigenvalue weighted by Crippen LogP contribution is 2.23. The molecule has 7 nitrogen and oxygen atoms in total. The second kappa shape index (κ2) is 9.30. The van der Waals surface area contributed by atoms with Crippen LogP contribution in [0.25, 0.3) is 0 Å². The number of guanidine groups is 1. The molecule has 0 saturated carbocycles. The van der Waals surface area contributed by atoms with Gasteiger partial charge in [0.1, 0.15) is 11.5 Å². The lowest BCUT2D eigenvalue weighted by atomic mass is 10.2. The highest BCUT2D eigenvalue weighted by atomic mass is 127. The van der Waals surface area contributed by atoms with Crippen molar-refractivity contribution < 1.29 is 18.3 Å². The quantitative estimate of drug-likeness (QED) is 0.341. The molecular formula is C15H24IN3O4S. The Hall–Kier alpha value is -1.23. The predicted molar refractivity (Wildman–Crippen MR) is 105 cm³/mol. The third-order valence-electron chi connectivity index (χ3n) is 3.61. The Labute approximate surface area is 159 Å². The normalized spacial score (nSPS) is 19.4. The number of phenolic OH excluding ortho intramolecular Hbond substituents is 1. The largest absolute Gasteiger partial charge is 0.508 e. The average molecular weight is 469 g/mol. The minimum absolute atomic E-state index is 0. The third kappa shape index (κ3) is 6.00. The highest BCUT2D eigenvalue weighted by molar-refractivity contribution is 14.0. The molecule has 2 rings (SSSR count). The zero-order chi connectivity index (χ0) is 16.9. The van der Waals surface area contributed by atoms with Crippen molar-refractivity contribution in [2.24, 2.45) is 4.99 Å². The summed E-state index contributed by atoms with van der Waals surface area (Å²) in [6.07, 6.45) is 0.581. The van der Waals surface area contributed by atoms with E-state index in [2.05, 4.69) is 15.6 Å². The van der Waals surface area contributed by atoms with Gasteiger partial charge in [0.15, 0.2) is 15.8 Å². The maximum absolute atomic E-state index is 11.5. The van der Waals surface area contributed by atoms with Crippen LogP contribution in [0.5, 0.6) is 11.5 Å². The molecule has 0 bridgehead atoms. The Morgan fingerprint density at radius 2 is 2.21 bits per heavy atom. The van der Waals surface area contributed by atoms with Crippen LogP contribution in [0.2, 0.25) is 0 Å². The van der Waals surface area contributed by atoms with Crippen molar-refractivity contribution >= 4 is 39.8 Å². The van der Waals surface area contributed by atoms with Crippen LogP contribution in [0.1, 0.15) is 18.9 Å². The molecule has 1 aliphatic heterocycles. The van der Waals surface area contributed by atoms with Crippen molar-refractivity contribution in [3.05, 3.63) is 23.8 Å². The molecule has 3 N–H and O–H groups in total. The van der Waals surface area contributed by atoms with Crippen molar-refractivity contribution in [1.82, 2.24) is 10.6 Å². The number of hydrogen-bond acceptors (Lipinski definition) is 5. The molecule has 1 unspecified atom stereocenters. The fourth-order valence-corrected chi connectivity index (χ4v) is 4.08. The number of ether oxygens (including phenoxy) is 1. The first kappa shape index (κ1) is 20.8. The van der Waals surface area contributed by atoms with Gasteiger partial charge >= 0.3 is 0 Å². The molecule has 1 saturated heterocycles. The number of nitrogens with one attached hydrogen (secondary N) is 2. The van der Waals surface area contributed by atoms with Gasteiger partial charge in [-0.1, -0.05) is 0 Å². The molecule has 1 aromatic rings. The van der Waals surface area contributed by atoms with Crippen LogP contribution in [0.3, 0.4) is 0 Å². The molecule has 0 amide bonds. The number of sulfone groups is 1. The Balaban J connectivity index is 0.00000288. The molecule has 0 spiro atoms. The Morgan fingerprint density at radius 1 is 1.46 bits per heavy atom. The zero-order valence-corrected chi connectivity index (χ0v) is 16.9. The second-order valence-corrected chi connectivity index (χ2v) is 7.66. The van der Waals surface area contributed by atoms with Crippen LogP contribution < -0.4 is 15.4 Å². The highest BCUT2D eigenvalue weighted by Gasteiger charge is 2.28. The van der Waals surface area contributed by atoms with Crippen LogP contribution >= 0.6 is 24.0 Å². The number of aliphatic imine (C=N–C) groups is 1. The summed E-state index contributed by atoms with van der Waals surface area (Å²) in [5.41, 5.74) is 0.639. The first-order valence-corrected chi connectivity index (χ1v) is 9.37. The minimum Gasteiger partial charge on any atom is -0.508 e. The maximum Gasteiger partial charge on any atom is 0.191 e. The van der Waals surface area contributed by atoms with E-state index >= 15 is 0 Å². The van der Waals surface area contributed by atoms with E-state index in [1.165, 1.54) is 0 Å². The van der Waals surface area contributed by atoms with Crippen LogP contribution in [-0.4, -0.2) is 50.7 Å². The average Bonchev–Trinajstić information content (AvgIpc) is 2.85. The van der Waals surface area contributed by atoms with Crippen molar-refractivity contribution in [2.45, 2.75) is 25.9 Å². The summed E-state index contributed by atoms with van der Waals surface area (Å²) in [5, 5.41) is 16.1. The molecule has 1 aliphatic rings. The first-order chi connectivity index (χ1) is 10.9. The Bertz CT molecular complexity index is 679. The van der Waals surface area contributed by atoms with E-state index in [1.54, 1.807) is 25.3 Å². The minimum atomic E-state index is -2.94. The molecule has 1 heterocycles. The Kier molecular flexibility index (Phi) is 8.07. The fraction of sp³-hybridized carbons (Fsp3) is 0.533. The van der Waals surface area contributed by atoms with Gasteiger partial charge in [-0.3, -0.25) is 0 Å². The fourth-order valence-electron chi connectivity index (χ4n) is 2.40. The van der Waals surface area contributed by atoms with Gasteiger partial charge in [-0.25, -0.2) is 13.4 Å². The topological polar surface area (TPSA) is 100 Å². The van der Waals surface area contributed by atoms with Gasteiger partial charge < -0.3 is 20.5 Å². The number of phenols is 1. The van der Waals surface area contributed by atoms with Gasteiger partial charge in [0.25, 0.3) is 0 Å². The van der Waals surface area contributed by atoms with Gasteiger partial charge in [0.2, 0.25) is 0 Å². The summed E-state index contributed by atoms with van der Waals surface area (Å²) in [5.74, 6) is 1.67. The number of methoxy groups -OCH3 is 1. The summed E-state index contributed by atoms with van der Waals surface area (Å²) in [4.78, 5) is 4.42. The molecule has 0 aliphatic carbocycles. The smallest absolute Gasteiger partial charge is 0.191 e. The van der Waals surface area contributed by atoms with Gasteiger partial charge in [-0.15, -0.1) is 24.0 Å². The zero-order valence-electron chi connectivity index (χ0n) is 13.8. The number of benzene rings is 1. The van der Waals surface area contributed by atoms with Gasteiger partial charge in [-0.05, 0) is 31.5 Å². The number of hydrogen-bond donors (Lipinski definition) is 3. The van der Waals surface area contributed by atoms with Gasteiger partial charge in [0, 0.05) is 18.2 Å². The molecule has 9 heteroatoms. The number of aromatic hydroxyl groups is 1. The number of halogens is 1. The van der Waals surface area contributed by atoms with Crippen molar-refractivity contribution in [1.29, 1.82) is 0 Å². The van der Waals surface area contributed by atoms with Crippen LogP contribution in [0.4, 0.5) is 0 Å². The molecule has 0 aromatic heterocycles. The molecule has 136 valence electrons. The number of nitrogens with zero attached hydrogens (tertiary/aromatic N) is 1. The third-order valence-corrected chi connectivity index (χ3v) is 5.38. The molecular weight excluding hydrogens is 445 g/mol. The maximum atomic E-state index is 11.5. The van der Waals surface area contributed by atoms with Crippen molar-refractivity contribution in [3.63, 3.8) is 0 Å². The lowest BCUT2D eigenvalue weighted by Gasteiger charge is -2.16. The van der Waals surface area contributed by atoms with Crippen LogP contribution in [-0.2, 0) is 16.4 Å². The molecule has 0 radical (unpaired) electrons. The number of rotatable bonds is 5. The summed E-state index contributed by atoms with van der Waals surface area (Å²) in [6.45, 7) is 2.86.